The molecule has 4 nitrogen and oxygen atoms in total. The lowest BCUT2D eigenvalue weighted by atomic mass is 9.95. The van der Waals surface area contributed by atoms with Crippen LogP contribution in [0.5, 0.6) is 0 Å². The lowest BCUT2D eigenvalue weighted by Gasteiger charge is -2.35. The normalized spacial score (nSPS) is 17.1. The molecule has 0 bridgehead atoms. The number of carboxylic acid groups (broad SMARTS) is 1. The van der Waals surface area contributed by atoms with Crippen LogP contribution in [-0.2, 0) is 0 Å². The molecule has 1 saturated heterocycles. The van der Waals surface area contributed by atoms with E-state index in [0.717, 1.165) is 0 Å². The van der Waals surface area contributed by atoms with Gasteiger partial charge in [-0.25, -0.2) is 4.79 Å². The molecule has 1 fully saturated rings. The molecule has 0 aliphatic carbocycles. The first-order valence-electron chi connectivity index (χ1n) is 6.73. The Labute approximate surface area is 120 Å². The van der Waals surface area contributed by atoms with Crippen molar-refractivity contribution in [3.05, 3.63) is 23.0 Å². The van der Waals surface area contributed by atoms with Crippen LogP contribution in [0.15, 0.2) is 6.07 Å². The van der Waals surface area contributed by atoms with Crippen molar-refractivity contribution in [2.24, 2.45) is 5.92 Å². The van der Waals surface area contributed by atoms with Gasteiger partial charge in [-0.05, 0) is 32.8 Å². The molecule has 2 heterocycles. The summed E-state index contributed by atoms with van der Waals surface area (Å²) in [4.78, 5) is 17.2. The van der Waals surface area contributed by atoms with Crippen molar-refractivity contribution >= 4 is 11.7 Å². The van der Waals surface area contributed by atoms with Crippen LogP contribution in [0.4, 0.5) is 18.9 Å². The first-order valence-corrected chi connectivity index (χ1v) is 6.73. The molecule has 116 valence electrons. The molecule has 0 spiro atoms. The summed E-state index contributed by atoms with van der Waals surface area (Å²) in [6.45, 7) is 3.74. The average Bonchev–Trinajstić information content (AvgIpc) is 2.36. The molecule has 0 atom stereocenters. The standard InChI is InChI=1S/C14H17F3N2O2/c1-8-7-11(12(13(20)21)9(2)18-8)19-5-3-10(4-6-19)14(15,16)17/h7,10H,3-6H2,1-2H3,(H,20,21). The molecular weight excluding hydrogens is 285 g/mol. The Balaban J connectivity index is 2.26. The third kappa shape index (κ3) is 3.28. The number of pyridine rings is 1. The molecule has 0 amide bonds. The van der Waals surface area contributed by atoms with Gasteiger partial charge in [-0.2, -0.15) is 13.2 Å². The fourth-order valence-electron chi connectivity index (χ4n) is 2.77. The number of piperidine rings is 1. The van der Waals surface area contributed by atoms with Crippen LogP contribution in [0.3, 0.4) is 0 Å². The minimum Gasteiger partial charge on any atom is -0.478 e. The van der Waals surface area contributed by atoms with Crippen molar-refractivity contribution < 1.29 is 23.1 Å². The van der Waals surface area contributed by atoms with Gasteiger partial charge in [0, 0.05) is 18.8 Å². The van der Waals surface area contributed by atoms with E-state index in [1.54, 1.807) is 24.8 Å². The van der Waals surface area contributed by atoms with E-state index in [1.165, 1.54) is 0 Å². The number of nitrogens with zero attached hydrogens (tertiary/aromatic N) is 2. The van der Waals surface area contributed by atoms with E-state index < -0.39 is 18.1 Å². The van der Waals surface area contributed by atoms with Crippen LogP contribution in [0.1, 0.15) is 34.6 Å². The van der Waals surface area contributed by atoms with Crippen molar-refractivity contribution in [2.45, 2.75) is 32.9 Å². The van der Waals surface area contributed by atoms with Crippen LogP contribution in [-0.4, -0.2) is 35.3 Å². The number of aryl methyl sites for hydroxylation is 2. The topological polar surface area (TPSA) is 53.4 Å². The summed E-state index contributed by atoms with van der Waals surface area (Å²) in [5.41, 5.74) is 1.58. The Bertz CT molecular complexity index is 550. The van der Waals surface area contributed by atoms with E-state index in [4.69, 9.17) is 0 Å². The summed E-state index contributed by atoms with van der Waals surface area (Å²) in [7, 11) is 0. The maximum Gasteiger partial charge on any atom is 0.391 e. The number of hydrogen-bond donors (Lipinski definition) is 1. The van der Waals surface area contributed by atoms with Gasteiger partial charge < -0.3 is 10.0 Å². The summed E-state index contributed by atoms with van der Waals surface area (Å²) in [6.07, 6.45) is -4.20. The van der Waals surface area contributed by atoms with Crippen LogP contribution < -0.4 is 4.90 Å². The minimum atomic E-state index is -4.17. The molecule has 21 heavy (non-hydrogen) atoms. The molecule has 1 N–H and O–H groups in total. The second kappa shape index (κ2) is 5.54. The lowest BCUT2D eigenvalue weighted by molar-refractivity contribution is -0.179. The molecule has 1 aromatic heterocycles. The van der Waals surface area contributed by atoms with Crippen LogP contribution in [0.25, 0.3) is 0 Å². The summed E-state index contributed by atoms with van der Waals surface area (Å²) in [5, 5.41) is 9.30. The number of hydrogen-bond acceptors (Lipinski definition) is 3. The summed E-state index contributed by atoms with van der Waals surface area (Å²) >= 11 is 0. The zero-order valence-electron chi connectivity index (χ0n) is 11.9. The van der Waals surface area contributed by atoms with E-state index >= 15 is 0 Å². The number of carboxylic acids is 1. The number of aromatic carboxylic acids is 1. The number of anilines is 1. The third-order valence-corrected chi connectivity index (χ3v) is 3.82. The molecule has 0 radical (unpaired) electrons. The monoisotopic (exact) mass is 302 g/mol. The highest BCUT2D eigenvalue weighted by atomic mass is 19.4. The molecule has 1 aliphatic heterocycles. The highest BCUT2D eigenvalue weighted by Gasteiger charge is 2.41. The number of carbonyl (C=O) groups is 1. The largest absolute Gasteiger partial charge is 0.478 e. The molecule has 7 heteroatoms. The fraction of sp³-hybridized carbons (Fsp3) is 0.571. The van der Waals surface area contributed by atoms with E-state index in [-0.39, 0.29) is 31.5 Å². The summed E-state index contributed by atoms with van der Waals surface area (Å²) in [5.74, 6) is -2.40. The smallest absolute Gasteiger partial charge is 0.391 e. The zero-order valence-corrected chi connectivity index (χ0v) is 11.9. The highest BCUT2D eigenvalue weighted by Crippen LogP contribution is 2.36. The van der Waals surface area contributed by atoms with E-state index in [0.29, 0.717) is 17.1 Å². The first kappa shape index (κ1) is 15.6. The predicted molar refractivity (Wildman–Crippen MR) is 71.7 cm³/mol. The SMILES string of the molecule is Cc1cc(N2CCC(C(F)(F)F)CC2)c(C(=O)O)c(C)n1. The van der Waals surface area contributed by atoms with Crippen molar-refractivity contribution in [1.82, 2.24) is 4.98 Å². The third-order valence-electron chi connectivity index (χ3n) is 3.82. The number of rotatable bonds is 2. The number of aromatic nitrogens is 1. The molecule has 0 aromatic carbocycles. The van der Waals surface area contributed by atoms with Gasteiger partial charge in [-0.1, -0.05) is 0 Å². The first-order chi connectivity index (χ1) is 9.70. The van der Waals surface area contributed by atoms with Crippen LogP contribution >= 0.6 is 0 Å². The maximum absolute atomic E-state index is 12.7. The molecular formula is C14H17F3N2O2. The zero-order chi connectivity index (χ0) is 15.8. The van der Waals surface area contributed by atoms with Crippen molar-refractivity contribution in [1.29, 1.82) is 0 Å². The van der Waals surface area contributed by atoms with Gasteiger partial charge in [0.2, 0.25) is 0 Å². The Hall–Kier alpha value is -1.79. The van der Waals surface area contributed by atoms with Gasteiger partial charge in [-0.3, -0.25) is 4.98 Å². The van der Waals surface area contributed by atoms with E-state index in [2.05, 4.69) is 4.98 Å². The molecule has 0 unspecified atom stereocenters. The molecule has 1 aromatic rings. The Kier molecular flexibility index (Phi) is 4.11. The quantitative estimate of drug-likeness (QED) is 0.911. The van der Waals surface area contributed by atoms with Gasteiger partial charge in [0.05, 0.1) is 17.3 Å². The molecule has 0 saturated carbocycles. The molecule has 2 rings (SSSR count). The van der Waals surface area contributed by atoms with Crippen LogP contribution in [0.2, 0.25) is 0 Å². The second-order valence-electron chi connectivity index (χ2n) is 5.35. The minimum absolute atomic E-state index is 0.0109. The number of halogens is 3. The Morgan fingerprint density at radius 2 is 1.90 bits per heavy atom. The Morgan fingerprint density at radius 1 is 1.33 bits per heavy atom. The van der Waals surface area contributed by atoms with Gasteiger partial charge in [0.1, 0.15) is 5.56 Å². The van der Waals surface area contributed by atoms with E-state index in [1.807, 2.05) is 0 Å². The van der Waals surface area contributed by atoms with E-state index in [9.17, 15) is 23.1 Å². The highest BCUT2D eigenvalue weighted by molar-refractivity contribution is 5.95. The maximum atomic E-state index is 12.7. The van der Waals surface area contributed by atoms with Gasteiger partial charge in [0.15, 0.2) is 0 Å². The summed E-state index contributed by atoms with van der Waals surface area (Å²) < 4.78 is 38.1. The number of alkyl halides is 3. The molecule has 1 aliphatic rings. The van der Waals surface area contributed by atoms with Crippen LogP contribution in [0, 0.1) is 19.8 Å². The van der Waals surface area contributed by atoms with Crippen molar-refractivity contribution in [2.75, 3.05) is 18.0 Å². The van der Waals surface area contributed by atoms with Crippen molar-refractivity contribution in [3.8, 4) is 0 Å². The average molecular weight is 302 g/mol. The van der Waals surface area contributed by atoms with Gasteiger partial charge >= 0.3 is 12.1 Å². The van der Waals surface area contributed by atoms with Gasteiger partial charge in [-0.15, -0.1) is 0 Å². The van der Waals surface area contributed by atoms with Crippen molar-refractivity contribution in [3.63, 3.8) is 0 Å². The predicted octanol–water partition coefficient (Wildman–Crippen LogP) is 3.18. The fourth-order valence-corrected chi connectivity index (χ4v) is 2.77. The lowest BCUT2D eigenvalue weighted by Crippen LogP contribution is -2.39. The summed E-state index contributed by atoms with van der Waals surface area (Å²) in [6, 6.07) is 1.63. The second-order valence-corrected chi connectivity index (χ2v) is 5.35. The Morgan fingerprint density at radius 3 is 2.38 bits per heavy atom. The van der Waals surface area contributed by atoms with Gasteiger partial charge in [0.25, 0.3) is 0 Å².